The molecule has 7 nitrogen and oxygen atoms in total. The maximum atomic E-state index is 14.5. The van der Waals surface area contributed by atoms with Crippen molar-refractivity contribution in [2.75, 3.05) is 49.6 Å². The van der Waals surface area contributed by atoms with Crippen LogP contribution in [0.1, 0.15) is 25.5 Å². The Hall–Kier alpha value is -2.81. The number of rotatable bonds is 5. The van der Waals surface area contributed by atoms with Gasteiger partial charge < -0.3 is 15.0 Å². The molecule has 3 aliphatic rings. The Balaban J connectivity index is 1.16. The number of piperazine rings is 1. The number of alkyl halides is 1. The second-order valence-corrected chi connectivity index (χ2v) is 11.1. The third kappa shape index (κ3) is 4.45. The summed E-state index contributed by atoms with van der Waals surface area (Å²) in [6.07, 6.45) is 2.54. The van der Waals surface area contributed by atoms with Crippen molar-refractivity contribution in [3.8, 4) is 0 Å². The zero-order chi connectivity index (χ0) is 25.7. The largest absolute Gasteiger partial charge is 0.376 e. The van der Waals surface area contributed by atoms with Gasteiger partial charge in [-0.05, 0) is 48.6 Å². The summed E-state index contributed by atoms with van der Waals surface area (Å²) < 4.78 is 19.9. The van der Waals surface area contributed by atoms with Crippen LogP contribution in [0, 0.1) is 11.8 Å². The molecule has 1 aromatic carbocycles. The predicted molar refractivity (Wildman–Crippen MR) is 143 cm³/mol. The molecule has 0 unspecified atom stereocenters. The summed E-state index contributed by atoms with van der Waals surface area (Å²) in [7, 11) is 0. The van der Waals surface area contributed by atoms with Gasteiger partial charge in [-0.15, -0.1) is 0 Å². The average molecular weight is 524 g/mol. The lowest BCUT2D eigenvalue weighted by Crippen LogP contribution is -2.59. The van der Waals surface area contributed by atoms with Crippen molar-refractivity contribution in [3.05, 3.63) is 59.5 Å². The Morgan fingerprint density at radius 1 is 1.16 bits per heavy atom. The highest BCUT2D eigenvalue weighted by molar-refractivity contribution is 6.34. The molecule has 0 spiro atoms. The monoisotopic (exact) mass is 523 g/mol. The van der Waals surface area contributed by atoms with Crippen molar-refractivity contribution in [1.29, 1.82) is 0 Å². The number of amides is 1. The van der Waals surface area contributed by atoms with E-state index in [9.17, 15) is 9.18 Å². The third-order valence-electron chi connectivity index (χ3n) is 8.43. The Kier molecular flexibility index (Phi) is 6.29. The Bertz CT molecular complexity index is 1320. The van der Waals surface area contributed by atoms with Crippen LogP contribution in [0.2, 0.25) is 5.02 Å². The van der Waals surface area contributed by atoms with E-state index in [4.69, 9.17) is 16.3 Å². The molecule has 2 saturated heterocycles. The van der Waals surface area contributed by atoms with Gasteiger partial charge in [-0.2, -0.15) is 0 Å². The Morgan fingerprint density at radius 2 is 1.97 bits per heavy atom. The van der Waals surface area contributed by atoms with Gasteiger partial charge in [0.2, 0.25) is 5.91 Å². The number of nitrogens with one attached hydrogen (secondary N) is 1. The molecule has 1 aliphatic carbocycles. The van der Waals surface area contributed by atoms with Crippen molar-refractivity contribution in [2.45, 2.75) is 31.5 Å². The maximum absolute atomic E-state index is 14.5. The molecule has 194 valence electrons. The molecular weight excluding hydrogens is 493 g/mol. The van der Waals surface area contributed by atoms with Crippen LogP contribution in [-0.2, 0) is 9.53 Å². The second-order valence-electron chi connectivity index (χ2n) is 10.7. The highest BCUT2D eigenvalue weighted by Crippen LogP contribution is 2.53. The van der Waals surface area contributed by atoms with Gasteiger partial charge in [-0.25, -0.2) is 9.37 Å². The second kappa shape index (κ2) is 9.49. The van der Waals surface area contributed by atoms with Crippen LogP contribution in [0.15, 0.2) is 48.8 Å². The van der Waals surface area contributed by atoms with Crippen LogP contribution in [0.25, 0.3) is 10.8 Å². The van der Waals surface area contributed by atoms with Gasteiger partial charge in [0.25, 0.3) is 0 Å². The summed E-state index contributed by atoms with van der Waals surface area (Å²) >= 11 is 6.68. The minimum absolute atomic E-state index is 0.0316. The summed E-state index contributed by atoms with van der Waals surface area (Å²) in [5.74, 6) is 0.760. The number of aromatic nitrogens is 2. The fourth-order valence-electron chi connectivity index (χ4n) is 5.95. The lowest BCUT2D eigenvalue weighted by molar-refractivity contribution is -0.117. The number of ether oxygens (including phenoxy) is 1. The van der Waals surface area contributed by atoms with Crippen LogP contribution in [0.4, 0.5) is 15.9 Å². The first-order valence-corrected chi connectivity index (χ1v) is 13.3. The summed E-state index contributed by atoms with van der Waals surface area (Å²) in [5.41, 5.74) is 1.33. The van der Waals surface area contributed by atoms with Gasteiger partial charge in [0.15, 0.2) is 0 Å². The van der Waals surface area contributed by atoms with Crippen molar-refractivity contribution < 1.29 is 13.9 Å². The summed E-state index contributed by atoms with van der Waals surface area (Å²) in [6, 6.07) is 11.7. The fraction of sp³-hybridized carbons (Fsp3) is 0.464. The number of benzene rings is 1. The van der Waals surface area contributed by atoms with Crippen LogP contribution in [-0.4, -0.2) is 71.9 Å². The van der Waals surface area contributed by atoms with E-state index < -0.39 is 11.7 Å². The molecule has 37 heavy (non-hydrogen) atoms. The molecule has 2 aromatic heterocycles. The molecule has 6 rings (SSSR count). The molecule has 0 radical (unpaired) electrons. The van der Waals surface area contributed by atoms with Crippen molar-refractivity contribution in [3.63, 3.8) is 0 Å². The van der Waals surface area contributed by atoms with E-state index in [1.54, 1.807) is 12.4 Å². The molecule has 1 amide bonds. The zero-order valence-corrected chi connectivity index (χ0v) is 21.8. The number of carbonyl (C=O) groups excluding carboxylic acids is 1. The van der Waals surface area contributed by atoms with Crippen LogP contribution in [0.5, 0.6) is 0 Å². The Labute approximate surface area is 221 Å². The lowest BCUT2D eigenvalue weighted by atomic mass is 9.96. The van der Waals surface area contributed by atoms with Gasteiger partial charge in [-0.3, -0.25) is 14.7 Å². The number of hydrogen-bond donors (Lipinski definition) is 1. The van der Waals surface area contributed by atoms with Crippen LogP contribution in [0.3, 0.4) is 0 Å². The molecule has 1 saturated carbocycles. The summed E-state index contributed by atoms with van der Waals surface area (Å²) in [6.45, 7) is 7.60. The number of nitrogens with zero attached hydrogens (tertiary/aromatic N) is 4. The molecular formula is C28H31ClFN5O2. The number of fused-ring (bicyclic) bond motifs is 1. The standard InChI is InChI=1S/C28H31ClFN5O2/c1-17-25(21-5-3-4-6-31-21)26(17)27(36)33-24-13-18-12-22(20(29)11-19(18)14-32-24)34-7-9-35(10-8-34)28(2)16-37-15-23(28)30/h3-6,11-14,17,23,25-26H,7-10,15-16H2,1-2H3,(H,32,33,36)/t17-,23+,25-,26+,28-/m1/s1. The highest BCUT2D eigenvalue weighted by Gasteiger charge is 2.53. The molecule has 0 bridgehead atoms. The summed E-state index contributed by atoms with van der Waals surface area (Å²) in [5, 5.41) is 5.53. The quantitative estimate of drug-likeness (QED) is 0.530. The lowest BCUT2D eigenvalue weighted by Gasteiger charge is -2.44. The Morgan fingerprint density at radius 3 is 2.68 bits per heavy atom. The molecule has 1 N–H and O–H groups in total. The van der Waals surface area contributed by atoms with Crippen molar-refractivity contribution in [2.24, 2.45) is 11.8 Å². The van der Waals surface area contributed by atoms with Gasteiger partial charge in [-0.1, -0.05) is 24.6 Å². The van der Waals surface area contributed by atoms with Gasteiger partial charge in [0.05, 0.1) is 35.4 Å². The molecule has 3 fully saturated rings. The zero-order valence-electron chi connectivity index (χ0n) is 21.0. The predicted octanol–water partition coefficient (Wildman–Crippen LogP) is 4.52. The molecule has 4 heterocycles. The minimum Gasteiger partial charge on any atom is -0.376 e. The number of pyridine rings is 2. The van der Waals surface area contributed by atoms with Gasteiger partial charge in [0, 0.05) is 55.6 Å². The molecule has 9 heteroatoms. The van der Waals surface area contributed by atoms with Crippen molar-refractivity contribution in [1.82, 2.24) is 14.9 Å². The number of hydrogen-bond acceptors (Lipinski definition) is 6. The van der Waals surface area contributed by atoms with Gasteiger partial charge >= 0.3 is 0 Å². The first kappa shape index (κ1) is 24.5. The minimum atomic E-state index is -0.970. The number of carbonyl (C=O) groups is 1. The van der Waals surface area contributed by atoms with Crippen LogP contribution < -0.4 is 10.2 Å². The molecule has 3 aromatic rings. The van der Waals surface area contributed by atoms with E-state index in [2.05, 4.69) is 38.1 Å². The summed E-state index contributed by atoms with van der Waals surface area (Å²) in [4.78, 5) is 26.3. The SMILES string of the molecule is C[C@H]1[C@H](C(=O)Nc2cc3cc(N4CCN([C@]5(C)COC[C@@H]5F)CC4)c(Cl)cc3cn2)[C@H]1c1ccccn1. The van der Waals surface area contributed by atoms with Crippen LogP contribution >= 0.6 is 11.6 Å². The first-order chi connectivity index (χ1) is 17.8. The molecule has 2 aliphatic heterocycles. The number of halogens is 2. The third-order valence-corrected chi connectivity index (χ3v) is 8.73. The van der Waals surface area contributed by atoms with E-state index in [0.717, 1.165) is 48.3 Å². The van der Waals surface area contributed by atoms with E-state index in [0.29, 0.717) is 17.4 Å². The average Bonchev–Trinajstić information content (AvgIpc) is 3.47. The number of anilines is 2. The first-order valence-electron chi connectivity index (χ1n) is 12.9. The van der Waals surface area contributed by atoms with E-state index in [1.807, 2.05) is 37.3 Å². The smallest absolute Gasteiger partial charge is 0.229 e. The van der Waals surface area contributed by atoms with Gasteiger partial charge in [0.1, 0.15) is 12.0 Å². The fourth-order valence-corrected chi connectivity index (χ4v) is 6.24. The van der Waals surface area contributed by atoms with E-state index in [1.165, 1.54) is 0 Å². The van der Waals surface area contributed by atoms with Crippen molar-refractivity contribution >= 4 is 39.8 Å². The normalized spacial score (nSPS) is 30.0. The topological polar surface area (TPSA) is 70.6 Å². The highest BCUT2D eigenvalue weighted by atomic mass is 35.5. The van der Waals surface area contributed by atoms with E-state index >= 15 is 0 Å². The maximum Gasteiger partial charge on any atom is 0.229 e. The molecule has 5 atom stereocenters. The van der Waals surface area contributed by atoms with E-state index in [-0.39, 0.29) is 30.3 Å².